The fraction of sp³-hybridized carbons (Fsp3) is 0.333. The van der Waals surface area contributed by atoms with Crippen LogP contribution < -0.4 is 21.1 Å². The zero-order chi connectivity index (χ0) is 13.1. The van der Waals surface area contributed by atoms with Gasteiger partial charge in [-0.25, -0.2) is 0 Å². The van der Waals surface area contributed by atoms with Gasteiger partial charge in [-0.1, -0.05) is 0 Å². The van der Waals surface area contributed by atoms with Crippen molar-refractivity contribution < 1.29 is 14.3 Å². The van der Waals surface area contributed by atoms with Crippen molar-refractivity contribution in [2.75, 3.05) is 18.2 Å². The number of nitrogens with two attached hydrogens (primary N) is 1. The van der Waals surface area contributed by atoms with Crippen LogP contribution in [0.1, 0.15) is 12.8 Å². The van der Waals surface area contributed by atoms with Gasteiger partial charge in [0.05, 0.1) is 12.8 Å². The van der Waals surface area contributed by atoms with Gasteiger partial charge in [0.15, 0.2) is 0 Å². The van der Waals surface area contributed by atoms with Crippen molar-refractivity contribution in [2.24, 2.45) is 0 Å². The summed E-state index contributed by atoms with van der Waals surface area (Å²) in [6.07, 6.45) is 0.916. The first-order valence-electron chi connectivity index (χ1n) is 5.64. The van der Waals surface area contributed by atoms with E-state index in [0.717, 1.165) is 0 Å². The van der Waals surface area contributed by atoms with Crippen molar-refractivity contribution in [1.82, 2.24) is 5.32 Å². The number of carbonyl (C=O) groups is 2. The zero-order valence-corrected chi connectivity index (χ0v) is 10.0. The second-order valence-electron chi connectivity index (χ2n) is 4.10. The molecule has 0 spiro atoms. The lowest BCUT2D eigenvalue weighted by atomic mass is 10.2. The summed E-state index contributed by atoms with van der Waals surface area (Å²) in [5, 5.41) is 5.31. The predicted molar refractivity (Wildman–Crippen MR) is 67.2 cm³/mol. The minimum Gasteiger partial charge on any atom is -0.495 e. The Bertz CT molecular complexity index is 487. The maximum atomic E-state index is 11.8. The highest BCUT2D eigenvalue weighted by molar-refractivity contribution is 5.99. The molecular weight excluding hydrogens is 234 g/mol. The number of ether oxygens (including phenoxy) is 1. The molecule has 0 aromatic heterocycles. The van der Waals surface area contributed by atoms with Crippen molar-refractivity contribution in [1.29, 1.82) is 0 Å². The Kier molecular flexibility index (Phi) is 3.36. The topological polar surface area (TPSA) is 93.4 Å². The lowest BCUT2D eigenvalue weighted by Crippen LogP contribution is -2.37. The molecular formula is C12H15N3O3. The van der Waals surface area contributed by atoms with Crippen LogP contribution in [0.5, 0.6) is 5.75 Å². The molecule has 2 rings (SSSR count). The van der Waals surface area contributed by atoms with Gasteiger partial charge in [0.25, 0.3) is 0 Å². The summed E-state index contributed by atoms with van der Waals surface area (Å²) < 4.78 is 5.02. The van der Waals surface area contributed by atoms with E-state index >= 15 is 0 Å². The monoisotopic (exact) mass is 249 g/mol. The molecule has 0 saturated carbocycles. The minimum absolute atomic E-state index is 0.0932. The van der Waals surface area contributed by atoms with E-state index in [1.165, 1.54) is 7.11 Å². The molecule has 2 amide bonds. The first-order chi connectivity index (χ1) is 8.60. The maximum Gasteiger partial charge on any atom is 0.246 e. The maximum absolute atomic E-state index is 11.8. The SMILES string of the molecule is COc1ccc(NC(=O)C2CCC(=O)N2)cc1N. The van der Waals surface area contributed by atoms with E-state index < -0.39 is 6.04 Å². The van der Waals surface area contributed by atoms with Gasteiger partial charge in [0.1, 0.15) is 11.8 Å². The number of benzene rings is 1. The molecule has 1 heterocycles. The van der Waals surface area contributed by atoms with Crippen LogP contribution >= 0.6 is 0 Å². The molecule has 4 N–H and O–H groups in total. The number of hydrogen-bond donors (Lipinski definition) is 3. The molecule has 1 aliphatic rings. The van der Waals surface area contributed by atoms with Gasteiger partial charge in [0.2, 0.25) is 11.8 Å². The zero-order valence-electron chi connectivity index (χ0n) is 10.0. The molecule has 96 valence electrons. The van der Waals surface area contributed by atoms with E-state index in [9.17, 15) is 9.59 Å². The molecule has 0 aliphatic carbocycles. The number of carbonyl (C=O) groups excluding carboxylic acids is 2. The van der Waals surface area contributed by atoms with E-state index in [1.54, 1.807) is 18.2 Å². The number of amides is 2. The minimum atomic E-state index is -0.458. The first kappa shape index (κ1) is 12.2. The van der Waals surface area contributed by atoms with E-state index in [1.807, 2.05) is 0 Å². The molecule has 1 aliphatic heterocycles. The van der Waals surface area contributed by atoms with Crippen LogP contribution in [0, 0.1) is 0 Å². The predicted octanol–water partition coefficient (Wildman–Crippen LogP) is 0.494. The van der Waals surface area contributed by atoms with Crippen LogP contribution in [-0.4, -0.2) is 25.0 Å². The Labute approximate surface area is 104 Å². The second-order valence-corrected chi connectivity index (χ2v) is 4.10. The number of methoxy groups -OCH3 is 1. The normalized spacial score (nSPS) is 18.3. The third-order valence-corrected chi connectivity index (χ3v) is 2.81. The van der Waals surface area contributed by atoms with E-state index in [4.69, 9.17) is 10.5 Å². The molecule has 6 heteroatoms. The van der Waals surface area contributed by atoms with Gasteiger partial charge in [-0.05, 0) is 24.6 Å². The van der Waals surface area contributed by atoms with Crippen molar-refractivity contribution in [3.05, 3.63) is 18.2 Å². The smallest absolute Gasteiger partial charge is 0.246 e. The average Bonchev–Trinajstić information content (AvgIpc) is 2.76. The number of nitrogens with one attached hydrogen (secondary N) is 2. The lowest BCUT2D eigenvalue weighted by molar-refractivity contribution is -0.122. The van der Waals surface area contributed by atoms with Crippen LogP contribution in [-0.2, 0) is 9.59 Å². The number of hydrogen-bond acceptors (Lipinski definition) is 4. The van der Waals surface area contributed by atoms with Gasteiger partial charge < -0.3 is 21.1 Å². The van der Waals surface area contributed by atoms with Crippen molar-refractivity contribution in [3.63, 3.8) is 0 Å². The highest BCUT2D eigenvalue weighted by Crippen LogP contribution is 2.24. The van der Waals surface area contributed by atoms with E-state index in [-0.39, 0.29) is 11.8 Å². The molecule has 0 radical (unpaired) electrons. The highest BCUT2D eigenvalue weighted by Gasteiger charge is 2.27. The summed E-state index contributed by atoms with van der Waals surface area (Å²) in [5.41, 5.74) is 6.77. The second kappa shape index (κ2) is 4.95. The summed E-state index contributed by atoms with van der Waals surface area (Å²) in [4.78, 5) is 22.8. The standard InChI is InChI=1S/C12H15N3O3/c1-18-10-4-2-7(6-8(10)13)14-12(17)9-3-5-11(16)15-9/h2,4,6,9H,3,5,13H2,1H3,(H,14,17)(H,15,16). The van der Waals surface area contributed by atoms with Crippen LogP contribution in [0.2, 0.25) is 0 Å². The van der Waals surface area contributed by atoms with Crippen LogP contribution in [0.15, 0.2) is 18.2 Å². The molecule has 1 fully saturated rings. The van der Waals surface area contributed by atoms with Crippen molar-refractivity contribution >= 4 is 23.2 Å². The van der Waals surface area contributed by atoms with E-state index in [0.29, 0.717) is 30.0 Å². The summed E-state index contributed by atoms with van der Waals surface area (Å²) in [6.45, 7) is 0. The molecule has 1 aromatic rings. The number of anilines is 2. The Morgan fingerprint density at radius 1 is 1.56 bits per heavy atom. The molecule has 0 bridgehead atoms. The summed E-state index contributed by atoms with van der Waals surface area (Å²) in [6, 6.07) is 4.54. The molecule has 1 unspecified atom stereocenters. The van der Waals surface area contributed by atoms with Gasteiger partial charge in [-0.15, -0.1) is 0 Å². The third-order valence-electron chi connectivity index (χ3n) is 2.81. The van der Waals surface area contributed by atoms with Crippen molar-refractivity contribution in [3.8, 4) is 5.75 Å². The molecule has 1 atom stereocenters. The molecule has 1 saturated heterocycles. The largest absolute Gasteiger partial charge is 0.495 e. The van der Waals surface area contributed by atoms with Crippen LogP contribution in [0.4, 0.5) is 11.4 Å². The summed E-state index contributed by atoms with van der Waals surface area (Å²) >= 11 is 0. The number of rotatable bonds is 3. The van der Waals surface area contributed by atoms with Gasteiger partial charge >= 0.3 is 0 Å². The summed E-state index contributed by atoms with van der Waals surface area (Å²) in [5.74, 6) is 0.233. The fourth-order valence-electron chi connectivity index (χ4n) is 1.85. The van der Waals surface area contributed by atoms with Crippen molar-refractivity contribution in [2.45, 2.75) is 18.9 Å². The lowest BCUT2D eigenvalue weighted by Gasteiger charge is -2.12. The van der Waals surface area contributed by atoms with Crippen LogP contribution in [0.25, 0.3) is 0 Å². The number of nitrogen functional groups attached to an aromatic ring is 1. The van der Waals surface area contributed by atoms with Crippen LogP contribution in [0.3, 0.4) is 0 Å². The Hall–Kier alpha value is -2.24. The highest BCUT2D eigenvalue weighted by atomic mass is 16.5. The third kappa shape index (κ3) is 2.53. The molecule has 18 heavy (non-hydrogen) atoms. The Morgan fingerprint density at radius 2 is 2.33 bits per heavy atom. The Balaban J connectivity index is 2.03. The fourth-order valence-corrected chi connectivity index (χ4v) is 1.85. The molecule has 1 aromatic carbocycles. The summed E-state index contributed by atoms with van der Waals surface area (Å²) in [7, 11) is 1.53. The average molecular weight is 249 g/mol. The van der Waals surface area contributed by atoms with Gasteiger partial charge in [-0.3, -0.25) is 9.59 Å². The first-order valence-corrected chi connectivity index (χ1v) is 5.64. The van der Waals surface area contributed by atoms with Gasteiger partial charge in [0, 0.05) is 12.1 Å². The quantitative estimate of drug-likeness (QED) is 0.680. The van der Waals surface area contributed by atoms with E-state index in [2.05, 4.69) is 10.6 Å². The Morgan fingerprint density at radius 3 is 2.89 bits per heavy atom. The van der Waals surface area contributed by atoms with Gasteiger partial charge in [-0.2, -0.15) is 0 Å². The molecule has 6 nitrogen and oxygen atoms in total.